The Hall–Kier alpha value is -1.35. The summed E-state index contributed by atoms with van der Waals surface area (Å²) in [7, 11) is 0. The Morgan fingerprint density at radius 2 is 1.84 bits per heavy atom. The van der Waals surface area contributed by atoms with Crippen molar-refractivity contribution in [3.63, 3.8) is 0 Å². The van der Waals surface area contributed by atoms with Crippen molar-refractivity contribution in [3.8, 4) is 0 Å². The molecule has 0 aliphatic carbocycles. The highest BCUT2D eigenvalue weighted by Crippen LogP contribution is 2.17. The molecule has 3 nitrogen and oxygen atoms in total. The summed E-state index contributed by atoms with van der Waals surface area (Å²) in [6.45, 7) is 7.91. The van der Waals surface area contributed by atoms with Crippen LogP contribution in [0.1, 0.15) is 50.8 Å². The fourth-order valence-corrected chi connectivity index (χ4v) is 1.90. The molecule has 1 aromatic carbocycles. The molecule has 1 rings (SSSR count). The zero-order chi connectivity index (χ0) is 14.4. The van der Waals surface area contributed by atoms with Gasteiger partial charge in [0.1, 0.15) is 0 Å². The first-order chi connectivity index (χ1) is 8.93. The van der Waals surface area contributed by atoms with Crippen LogP contribution in [0.3, 0.4) is 0 Å². The second-order valence-corrected chi connectivity index (χ2v) is 5.45. The molecule has 0 fully saturated rings. The number of carbonyl (C=O) groups excluding carboxylic acids is 1. The number of carbonyl (C=O) groups is 1. The van der Waals surface area contributed by atoms with E-state index < -0.39 is 6.10 Å². The van der Waals surface area contributed by atoms with Crippen LogP contribution in [-0.2, 0) is 4.79 Å². The number of benzene rings is 1. The number of amides is 1. The normalized spacial score (nSPS) is 14.2. The summed E-state index contributed by atoms with van der Waals surface area (Å²) in [6, 6.07) is 8.21. The van der Waals surface area contributed by atoms with Gasteiger partial charge in [0, 0.05) is 0 Å². The lowest BCUT2D eigenvalue weighted by atomic mass is 10.0. The smallest absolute Gasteiger partial charge is 0.223 e. The number of hydrogen-bond donors (Lipinski definition) is 2. The van der Waals surface area contributed by atoms with Crippen molar-refractivity contribution in [3.05, 3.63) is 35.4 Å². The van der Waals surface area contributed by atoms with Crippen LogP contribution in [0.5, 0.6) is 0 Å². The molecule has 3 heteroatoms. The van der Waals surface area contributed by atoms with Gasteiger partial charge in [-0.25, -0.2) is 0 Å². The summed E-state index contributed by atoms with van der Waals surface area (Å²) in [5.41, 5.74) is 2.32. The molecular formula is C16H25NO2. The largest absolute Gasteiger partial charge is 0.392 e. The zero-order valence-corrected chi connectivity index (χ0v) is 12.3. The minimum absolute atomic E-state index is 0.0208. The van der Waals surface area contributed by atoms with Crippen molar-refractivity contribution in [2.75, 3.05) is 0 Å². The molecule has 2 unspecified atom stereocenters. The minimum atomic E-state index is -0.574. The Morgan fingerprint density at radius 1 is 1.26 bits per heavy atom. The van der Waals surface area contributed by atoms with Crippen molar-refractivity contribution in [1.29, 1.82) is 0 Å². The second kappa shape index (κ2) is 7.29. The number of rotatable bonds is 6. The van der Waals surface area contributed by atoms with E-state index >= 15 is 0 Å². The fraction of sp³-hybridized carbons (Fsp3) is 0.562. The van der Waals surface area contributed by atoms with Crippen molar-refractivity contribution in [1.82, 2.24) is 5.32 Å². The summed E-state index contributed by atoms with van der Waals surface area (Å²) in [5.74, 6) is 0.0128. The monoisotopic (exact) mass is 263 g/mol. The molecule has 0 bridgehead atoms. The highest BCUT2D eigenvalue weighted by Gasteiger charge is 2.17. The maximum Gasteiger partial charge on any atom is 0.223 e. The Balaban J connectivity index is 2.62. The third kappa shape index (κ3) is 5.03. The zero-order valence-electron chi connectivity index (χ0n) is 12.3. The molecular weight excluding hydrogens is 238 g/mol. The molecule has 2 N–H and O–H groups in total. The van der Waals surface area contributed by atoms with Crippen molar-refractivity contribution >= 4 is 5.91 Å². The summed E-state index contributed by atoms with van der Waals surface area (Å²) in [5, 5.41) is 12.7. The van der Waals surface area contributed by atoms with Gasteiger partial charge in [-0.15, -0.1) is 0 Å². The molecule has 2 atom stereocenters. The van der Waals surface area contributed by atoms with Crippen LogP contribution in [-0.4, -0.2) is 17.1 Å². The van der Waals surface area contributed by atoms with E-state index in [0.717, 1.165) is 12.0 Å². The highest BCUT2D eigenvalue weighted by molar-refractivity contribution is 5.77. The molecule has 0 saturated heterocycles. The van der Waals surface area contributed by atoms with Gasteiger partial charge in [0.25, 0.3) is 0 Å². The van der Waals surface area contributed by atoms with Crippen LogP contribution < -0.4 is 5.32 Å². The lowest BCUT2D eigenvalue weighted by Gasteiger charge is -2.20. The van der Waals surface area contributed by atoms with E-state index in [4.69, 9.17) is 0 Å². The molecule has 1 amide bonds. The van der Waals surface area contributed by atoms with Gasteiger partial charge in [0.05, 0.1) is 18.6 Å². The van der Waals surface area contributed by atoms with Crippen LogP contribution >= 0.6 is 0 Å². The maximum atomic E-state index is 11.9. The van der Waals surface area contributed by atoms with Gasteiger partial charge in [0.2, 0.25) is 5.91 Å². The van der Waals surface area contributed by atoms with Gasteiger partial charge >= 0.3 is 0 Å². The first kappa shape index (κ1) is 15.7. The number of hydrogen-bond acceptors (Lipinski definition) is 2. The van der Waals surface area contributed by atoms with Crippen LogP contribution in [0.2, 0.25) is 0 Å². The van der Waals surface area contributed by atoms with E-state index in [9.17, 15) is 9.90 Å². The van der Waals surface area contributed by atoms with Gasteiger partial charge in [-0.05, 0) is 24.8 Å². The molecule has 0 aliphatic heterocycles. The first-order valence-corrected chi connectivity index (χ1v) is 6.98. The molecule has 0 radical (unpaired) electrons. The molecule has 0 saturated carbocycles. The third-order valence-electron chi connectivity index (χ3n) is 3.39. The Labute approximate surface area is 116 Å². The standard InChI is InChI=1S/C16H25NO2/c1-5-14(13-8-6-12(4)7-9-13)17-16(19)10-15(18)11(2)3/h6-9,11,14-15,18H,5,10H2,1-4H3,(H,17,19). The third-order valence-corrected chi connectivity index (χ3v) is 3.39. The molecule has 0 spiro atoms. The summed E-state index contributed by atoms with van der Waals surface area (Å²) in [6.07, 6.45) is 0.433. The average Bonchev–Trinajstić information content (AvgIpc) is 2.37. The van der Waals surface area contributed by atoms with Crippen LogP contribution in [0.4, 0.5) is 0 Å². The topological polar surface area (TPSA) is 49.3 Å². The van der Waals surface area contributed by atoms with Gasteiger partial charge < -0.3 is 10.4 Å². The van der Waals surface area contributed by atoms with Gasteiger partial charge in [0.15, 0.2) is 0 Å². The Kier molecular flexibility index (Phi) is 6.03. The number of aryl methyl sites for hydroxylation is 1. The van der Waals surface area contributed by atoms with Gasteiger partial charge in [-0.3, -0.25) is 4.79 Å². The predicted octanol–water partition coefficient (Wildman–Crippen LogP) is 2.97. The molecule has 106 valence electrons. The average molecular weight is 263 g/mol. The van der Waals surface area contributed by atoms with Crippen LogP contribution in [0.15, 0.2) is 24.3 Å². The molecule has 19 heavy (non-hydrogen) atoms. The summed E-state index contributed by atoms with van der Waals surface area (Å²) < 4.78 is 0. The van der Waals surface area contributed by atoms with E-state index in [0.29, 0.717) is 0 Å². The van der Waals surface area contributed by atoms with E-state index in [1.807, 2.05) is 52.0 Å². The van der Waals surface area contributed by atoms with Gasteiger partial charge in [-0.1, -0.05) is 50.6 Å². The van der Waals surface area contributed by atoms with E-state index in [2.05, 4.69) is 5.32 Å². The first-order valence-electron chi connectivity index (χ1n) is 6.98. The number of aliphatic hydroxyl groups is 1. The SMILES string of the molecule is CCC(NC(=O)CC(O)C(C)C)c1ccc(C)cc1. The van der Waals surface area contributed by atoms with Crippen LogP contribution in [0, 0.1) is 12.8 Å². The van der Waals surface area contributed by atoms with Crippen molar-refractivity contribution in [2.24, 2.45) is 5.92 Å². The van der Waals surface area contributed by atoms with Crippen LogP contribution in [0.25, 0.3) is 0 Å². The van der Waals surface area contributed by atoms with Crippen molar-refractivity contribution in [2.45, 2.75) is 52.7 Å². The van der Waals surface area contributed by atoms with Crippen molar-refractivity contribution < 1.29 is 9.90 Å². The quantitative estimate of drug-likeness (QED) is 0.829. The second-order valence-electron chi connectivity index (χ2n) is 5.45. The minimum Gasteiger partial charge on any atom is -0.392 e. The van der Waals surface area contributed by atoms with E-state index in [-0.39, 0.29) is 24.3 Å². The summed E-state index contributed by atoms with van der Waals surface area (Å²) >= 11 is 0. The predicted molar refractivity (Wildman–Crippen MR) is 77.8 cm³/mol. The number of nitrogens with one attached hydrogen (secondary N) is 1. The van der Waals surface area contributed by atoms with E-state index in [1.54, 1.807) is 0 Å². The lowest BCUT2D eigenvalue weighted by molar-refractivity contribution is -0.124. The maximum absolute atomic E-state index is 11.9. The molecule has 0 aromatic heterocycles. The van der Waals surface area contributed by atoms with Gasteiger partial charge in [-0.2, -0.15) is 0 Å². The van der Waals surface area contributed by atoms with E-state index in [1.165, 1.54) is 5.56 Å². The summed E-state index contributed by atoms with van der Waals surface area (Å²) in [4.78, 5) is 11.9. The molecule has 0 aliphatic rings. The highest BCUT2D eigenvalue weighted by atomic mass is 16.3. The number of aliphatic hydroxyl groups excluding tert-OH is 1. The Bertz CT molecular complexity index is 398. The Morgan fingerprint density at radius 3 is 2.32 bits per heavy atom. The molecule has 1 aromatic rings. The fourth-order valence-electron chi connectivity index (χ4n) is 1.90. The lowest BCUT2D eigenvalue weighted by Crippen LogP contribution is -2.32. The molecule has 0 heterocycles.